The molecule has 2 aromatic rings. The van der Waals surface area contributed by atoms with Crippen LogP contribution in [-0.4, -0.2) is 13.1 Å². The molecule has 19 heavy (non-hydrogen) atoms. The van der Waals surface area contributed by atoms with E-state index in [0.717, 1.165) is 15.6 Å². The van der Waals surface area contributed by atoms with Gasteiger partial charge in [-0.2, -0.15) is 0 Å². The van der Waals surface area contributed by atoms with Crippen LogP contribution in [0.3, 0.4) is 0 Å². The lowest BCUT2D eigenvalue weighted by atomic mass is 10.0. The van der Waals surface area contributed by atoms with Crippen molar-refractivity contribution in [2.45, 2.75) is 13.0 Å². The summed E-state index contributed by atoms with van der Waals surface area (Å²) in [4.78, 5) is 11.3. The molecule has 100 valence electrons. The van der Waals surface area contributed by atoms with E-state index in [0.29, 0.717) is 5.76 Å². The zero-order valence-electron chi connectivity index (χ0n) is 10.6. The maximum atomic E-state index is 11.3. The summed E-state index contributed by atoms with van der Waals surface area (Å²) in [5.41, 5.74) is 8.18. The van der Waals surface area contributed by atoms with Crippen LogP contribution in [0.5, 0.6) is 0 Å². The number of carbonyl (C=O) groups is 1. The van der Waals surface area contributed by atoms with Crippen LogP contribution in [0.4, 0.5) is 0 Å². The summed E-state index contributed by atoms with van der Waals surface area (Å²) in [6.07, 6.45) is 0. The second-order valence-electron chi connectivity index (χ2n) is 4.17. The molecule has 1 unspecified atom stereocenters. The largest absolute Gasteiger partial charge is 0.463 e. The molecule has 0 radical (unpaired) electrons. The molecule has 0 saturated carbocycles. The zero-order chi connectivity index (χ0) is 14.0. The molecule has 2 rings (SSSR count). The average Bonchev–Trinajstić information content (AvgIpc) is 2.89. The molecule has 0 bridgehead atoms. The first-order chi connectivity index (χ1) is 9.02. The first-order valence-corrected chi connectivity index (χ1v) is 6.52. The van der Waals surface area contributed by atoms with Gasteiger partial charge in [0.05, 0.1) is 13.2 Å². The van der Waals surface area contributed by atoms with Crippen molar-refractivity contribution in [2.75, 3.05) is 7.11 Å². The molecule has 1 atom stereocenters. The number of hydrogen-bond acceptors (Lipinski definition) is 4. The van der Waals surface area contributed by atoms with Crippen LogP contribution in [0, 0.1) is 6.92 Å². The lowest BCUT2D eigenvalue weighted by Crippen LogP contribution is -2.12. The molecule has 1 heterocycles. The summed E-state index contributed by atoms with van der Waals surface area (Å²) >= 11 is 3.42. The summed E-state index contributed by atoms with van der Waals surface area (Å²) in [6, 6.07) is 8.71. The first kappa shape index (κ1) is 13.8. The molecule has 0 aliphatic rings. The molecule has 5 heteroatoms. The Morgan fingerprint density at radius 1 is 1.37 bits per heavy atom. The number of carbonyl (C=O) groups excluding carboxylic acids is 1. The van der Waals surface area contributed by atoms with Gasteiger partial charge in [0, 0.05) is 4.47 Å². The second-order valence-corrected chi connectivity index (χ2v) is 5.09. The summed E-state index contributed by atoms with van der Waals surface area (Å²) < 4.78 is 11.0. The third-order valence-corrected chi connectivity index (χ3v) is 3.39. The van der Waals surface area contributed by atoms with Crippen LogP contribution in [-0.2, 0) is 4.74 Å². The summed E-state index contributed by atoms with van der Waals surface area (Å²) in [5.74, 6) is 0.173. The maximum absolute atomic E-state index is 11.3. The monoisotopic (exact) mass is 323 g/mol. The standard InChI is InChI=1S/C14H14BrNO3/c1-8-3-4-9(15)7-10(8)13(16)11-5-6-12(19-11)14(17)18-2/h3-7,13H,16H2,1-2H3. The second kappa shape index (κ2) is 5.59. The van der Waals surface area contributed by atoms with Crippen molar-refractivity contribution >= 4 is 21.9 Å². The van der Waals surface area contributed by atoms with Gasteiger partial charge in [-0.05, 0) is 42.3 Å². The topological polar surface area (TPSA) is 65.5 Å². The van der Waals surface area contributed by atoms with E-state index in [1.807, 2.05) is 25.1 Å². The highest BCUT2D eigenvalue weighted by Gasteiger charge is 2.18. The van der Waals surface area contributed by atoms with Crippen molar-refractivity contribution in [3.05, 3.63) is 57.5 Å². The molecule has 0 spiro atoms. The molecule has 4 nitrogen and oxygen atoms in total. The van der Waals surface area contributed by atoms with Gasteiger partial charge >= 0.3 is 5.97 Å². The van der Waals surface area contributed by atoms with Crippen molar-refractivity contribution in [1.29, 1.82) is 0 Å². The molecule has 2 N–H and O–H groups in total. The van der Waals surface area contributed by atoms with Crippen LogP contribution < -0.4 is 5.73 Å². The maximum Gasteiger partial charge on any atom is 0.373 e. The number of methoxy groups -OCH3 is 1. The SMILES string of the molecule is COC(=O)c1ccc(C(N)c2cc(Br)ccc2C)o1. The van der Waals surface area contributed by atoms with Crippen LogP contribution in [0.15, 0.2) is 39.2 Å². The number of benzene rings is 1. The third-order valence-electron chi connectivity index (χ3n) is 2.90. The fraction of sp³-hybridized carbons (Fsp3) is 0.214. The minimum absolute atomic E-state index is 0.153. The Morgan fingerprint density at radius 2 is 2.11 bits per heavy atom. The Kier molecular flexibility index (Phi) is 4.07. The molecular weight excluding hydrogens is 310 g/mol. The van der Waals surface area contributed by atoms with Gasteiger partial charge in [0.2, 0.25) is 5.76 Å². The third kappa shape index (κ3) is 2.88. The lowest BCUT2D eigenvalue weighted by Gasteiger charge is -2.12. The first-order valence-electron chi connectivity index (χ1n) is 5.72. The van der Waals surface area contributed by atoms with Crippen LogP contribution >= 0.6 is 15.9 Å². The Hall–Kier alpha value is -1.59. The number of aryl methyl sites for hydroxylation is 1. The van der Waals surface area contributed by atoms with Gasteiger partial charge in [-0.15, -0.1) is 0 Å². The molecule has 0 amide bonds. The van der Waals surface area contributed by atoms with Crippen LogP contribution in [0.2, 0.25) is 0 Å². The normalized spacial score (nSPS) is 12.2. The van der Waals surface area contributed by atoms with Gasteiger partial charge in [-0.3, -0.25) is 0 Å². The zero-order valence-corrected chi connectivity index (χ0v) is 12.2. The van der Waals surface area contributed by atoms with Crippen molar-refractivity contribution in [1.82, 2.24) is 0 Å². The van der Waals surface area contributed by atoms with Gasteiger partial charge in [-0.25, -0.2) is 4.79 Å². The van der Waals surface area contributed by atoms with Gasteiger partial charge in [0.15, 0.2) is 0 Å². The van der Waals surface area contributed by atoms with E-state index in [9.17, 15) is 4.79 Å². The smallest absolute Gasteiger partial charge is 0.373 e. The number of furan rings is 1. The van der Waals surface area contributed by atoms with Gasteiger partial charge in [0.25, 0.3) is 0 Å². The van der Waals surface area contributed by atoms with Gasteiger partial charge in [0.1, 0.15) is 5.76 Å². The van der Waals surface area contributed by atoms with Gasteiger partial charge < -0.3 is 14.9 Å². The van der Waals surface area contributed by atoms with E-state index < -0.39 is 12.0 Å². The number of hydrogen-bond donors (Lipinski definition) is 1. The van der Waals surface area contributed by atoms with Crippen molar-refractivity contribution in [3.8, 4) is 0 Å². The lowest BCUT2D eigenvalue weighted by molar-refractivity contribution is 0.0562. The Bertz CT molecular complexity index is 606. The predicted molar refractivity (Wildman–Crippen MR) is 75.0 cm³/mol. The molecule has 0 aliphatic heterocycles. The molecule has 1 aromatic carbocycles. The van der Waals surface area contributed by atoms with E-state index in [2.05, 4.69) is 20.7 Å². The predicted octanol–water partition coefficient (Wildman–Crippen LogP) is 3.19. The molecule has 0 fully saturated rings. The number of halogens is 1. The number of ether oxygens (including phenoxy) is 1. The van der Waals surface area contributed by atoms with Crippen molar-refractivity contribution in [2.24, 2.45) is 5.73 Å². The Balaban J connectivity index is 2.33. The van der Waals surface area contributed by atoms with E-state index >= 15 is 0 Å². The van der Waals surface area contributed by atoms with E-state index in [4.69, 9.17) is 10.2 Å². The summed E-state index contributed by atoms with van der Waals surface area (Å²) in [5, 5.41) is 0. The summed E-state index contributed by atoms with van der Waals surface area (Å²) in [6.45, 7) is 1.98. The van der Waals surface area contributed by atoms with E-state index in [1.54, 1.807) is 12.1 Å². The quantitative estimate of drug-likeness (QED) is 0.881. The van der Waals surface area contributed by atoms with E-state index in [-0.39, 0.29) is 5.76 Å². The van der Waals surface area contributed by atoms with Gasteiger partial charge in [-0.1, -0.05) is 22.0 Å². The number of rotatable bonds is 3. The van der Waals surface area contributed by atoms with Crippen LogP contribution in [0.1, 0.15) is 33.5 Å². The average molecular weight is 324 g/mol. The summed E-state index contributed by atoms with van der Waals surface area (Å²) in [7, 11) is 1.31. The molecule has 1 aromatic heterocycles. The fourth-order valence-electron chi connectivity index (χ4n) is 1.83. The van der Waals surface area contributed by atoms with Crippen molar-refractivity contribution < 1.29 is 13.9 Å². The minimum Gasteiger partial charge on any atom is -0.463 e. The molecule has 0 aliphatic carbocycles. The van der Waals surface area contributed by atoms with Crippen molar-refractivity contribution in [3.63, 3.8) is 0 Å². The molecule has 0 saturated heterocycles. The number of nitrogens with two attached hydrogens (primary N) is 1. The fourth-order valence-corrected chi connectivity index (χ4v) is 2.21. The highest BCUT2D eigenvalue weighted by Crippen LogP contribution is 2.27. The molecular formula is C14H14BrNO3. The Morgan fingerprint density at radius 3 is 2.79 bits per heavy atom. The minimum atomic E-state index is -0.510. The van der Waals surface area contributed by atoms with E-state index in [1.165, 1.54) is 7.11 Å². The number of esters is 1. The Labute approximate surface area is 119 Å². The van der Waals surface area contributed by atoms with Crippen LogP contribution in [0.25, 0.3) is 0 Å². The highest BCUT2D eigenvalue weighted by atomic mass is 79.9. The highest BCUT2D eigenvalue weighted by molar-refractivity contribution is 9.10.